The van der Waals surface area contributed by atoms with E-state index in [2.05, 4.69) is 121 Å². The third-order valence-corrected chi connectivity index (χ3v) is 8.41. The molecule has 0 amide bonds. The van der Waals surface area contributed by atoms with E-state index in [9.17, 15) is 0 Å². The number of thiophene rings is 1. The van der Waals surface area contributed by atoms with Crippen LogP contribution in [0, 0.1) is 0 Å². The Morgan fingerprint density at radius 2 is 1.11 bits per heavy atom. The number of aromatic nitrogens is 2. The van der Waals surface area contributed by atoms with Crippen molar-refractivity contribution in [1.82, 2.24) is 9.97 Å². The lowest BCUT2D eigenvalue weighted by atomic mass is 10.00. The van der Waals surface area contributed by atoms with Gasteiger partial charge in [-0.1, -0.05) is 103 Å². The van der Waals surface area contributed by atoms with Crippen LogP contribution in [-0.2, 0) is 0 Å². The van der Waals surface area contributed by atoms with Gasteiger partial charge in [0.05, 0.1) is 15.9 Å². The Morgan fingerprint density at radius 3 is 2.03 bits per heavy atom. The van der Waals surface area contributed by atoms with Gasteiger partial charge in [0.15, 0.2) is 5.82 Å². The van der Waals surface area contributed by atoms with Crippen molar-refractivity contribution in [2.45, 2.75) is 0 Å². The molecule has 8 rings (SSSR count). The summed E-state index contributed by atoms with van der Waals surface area (Å²) in [7, 11) is 0. The Hall–Kier alpha value is -4.60. The summed E-state index contributed by atoms with van der Waals surface area (Å²) < 4.78 is 2.36. The first-order chi connectivity index (χ1) is 18.3. The zero-order valence-electron chi connectivity index (χ0n) is 19.8. The molecule has 0 N–H and O–H groups in total. The van der Waals surface area contributed by atoms with E-state index >= 15 is 0 Å². The Morgan fingerprint density at radius 1 is 0.459 bits per heavy atom. The van der Waals surface area contributed by atoms with Gasteiger partial charge in [-0.3, -0.25) is 0 Å². The lowest BCUT2D eigenvalue weighted by Gasteiger charge is -2.10. The van der Waals surface area contributed by atoms with Crippen LogP contribution in [0.3, 0.4) is 0 Å². The molecule has 2 nitrogen and oxygen atoms in total. The van der Waals surface area contributed by atoms with Crippen LogP contribution < -0.4 is 0 Å². The molecular weight excluding hydrogens is 468 g/mol. The minimum Gasteiger partial charge on any atom is -0.226 e. The predicted molar refractivity (Wildman–Crippen MR) is 158 cm³/mol. The second kappa shape index (κ2) is 7.95. The molecule has 2 heterocycles. The summed E-state index contributed by atoms with van der Waals surface area (Å²) in [6.45, 7) is 0. The van der Waals surface area contributed by atoms with Crippen LogP contribution in [-0.4, -0.2) is 9.97 Å². The van der Waals surface area contributed by atoms with Gasteiger partial charge in [-0.25, -0.2) is 9.97 Å². The SMILES string of the molecule is c1ccc2cc(-c3nc(-c4ccc5c(ccc6ccccc65)c4)nc4c3sc3ccccc34)ccc2c1. The highest BCUT2D eigenvalue weighted by molar-refractivity contribution is 7.26. The maximum Gasteiger partial charge on any atom is 0.160 e. The molecule has 0 unspecified atom stereocenters. The second-order valence-electron chi connectivity index (χ2n) is 9.46. The van der Waals surface area contributed by atoms with Gasteiger partial charge in [0.2, 0.25) is 0 Å². The summed E-state index contributed by atoms with van der Waals surface area (Å²) in [6, 6.07) is 43.2. The van der Waals surface area contributed by atoms with Crippen molar-refractivity contribution < 1.29 is 0 Å². The van der Waals surface area contributed by atoms with Crippen LogP contribution >= 0.6 is 11.3 Å². The van der Waals surface area contributed by atoms with E-state index in [-0.39, 0.29) is 0 Å². The molecule has 0 aliphatic rings. The monoisotopic (exact) mass is 488 g/mol. The van der Waals surface area contributed by atoms with Gasteiger partial charge >= 0.3 is 0 Å². The molecule has 0 spiro atoms. The molecule has 0 radical (unpaired) electrons. The van der Waals surface area contributed by atoms with Crippen molar-refractivity contribution in [2.75, 3.05) is 0 Å². The number of nitrogens with zero attached hydrogens (tertiary/aromatic N) is 2. The number of hydrogen-bond acceptors (Lipinski definition) is 3. The smallest absolute Gasteiger partial charge is 0.160 e. The maximum atomic E-state index is 5.21. The summed E-state index contributed by atoms with van der Waals surface area (Å²) in [5, 5.41) is 8.59. The van der Waals surface area contributed by atoms with Gasteiger partial charge < -0.3 is 0 Å². The molecule has 172 valence electrons. The molecule has 37 heavy (non-hydrogen) atoms. The summed E-state index contributed by atoms with van der Waals surface area (Å²) in [5.41, 5.74) is 4.16. The van der Waals surface area contributed by atoms with Crippen molar-refractivity contribution in [2.24, 2.45) is 0 Å². The first kappa shape index (κ1) is 20.6. The lowest BCUT2D eigenvalue weighted by molar-refractivity contribution is 1.24. The van der Waals surface area contributed by atoms with Crippen molar-refractivity contribution in [3.63, 3.8) is 0 Å². The van der Waals surface area contributed by atoms with Gasteiger partial charge in [-0.05, 0) is 50.5 Å². The fraction of sp³-hybridized carbons (Fsp3) is 0. The summed E-state index contributed by atoms with van der Waals surface area (Å²) in [4.78, 5) is 10.4. The normalized spacial score (nSPS) is 11.8. The molecular formula is C34H20N2S. The fourth-order valence-corrected chi connectivity index (χ4v) is 6.56. The minimum absolute atomic E-state index is 0.759. The van der Waals surface area contributed by atoms with E-state index in [1.165, 1.54) is 42.4 Å². The van der Waals surface area contributed by atoms with E-state index in [0.29, 0.717) is 0 Å². The highest BCUT2D eigenvalue weighted by atomic mass is 32.1. The number of hydrogen-bond donors (Lipinski definition) is 0. The average Bonchev–Trinajstić information content (AvgIpc) is 3.35. The minimum atomic E-state index is 0.759. The first-order valence-corrected chi connectivity index (χ1v) is 13.2. The third kappa shape index (κ3) is 3.25. The molecule has 2 aromatic heterocycles. The van der Waals surface area contributed by atoms with E-state index < -0.39 is 0 Å². The first-order valence-electron chi connectivity index (χ1n) is 12.4. The molecule has 0 aliphatic heterocycles. The number of benzene rings is 6. The Labute approximate surface area is 217 Å². The Balaban J connectivity index is 1.41. The Kier molecular flexibility index (Phi) is 4.42. The van der Waals surface area contributed by atoms with Crippen LogP contribution in [0.2, 0.25) is 0 Å². The second-order valence-corrected chi connectivity index (χ2v) is 10.5. The van der Waals surface area contributed by atoms with Gasteiger partial charge in [0, 0.05) is 21.2 Å². The molecule has 0 saturated carbocycles. The predicted octanol–water partition coefficient (Wildman–Crippen LogP) is 9.64. The molecule has 6 aromatic carbocycles. The summed E-state index contributed by atoms with van der Waals surface area (Å²) in [5.74, 6) is 0.759. The lowest BCUT2D eigenvalue weighted by Crippen LogP contribution is -1.94. The Bertz CT molecular complexity index is 2160. The van der Waals surface area contributed by atoms with Crippen LogP contribution in [0.15, 0.2) is 121 Å². The number of fused-ring (bicyclic) bond motifs is 7. The summed E-state index contributed by atoms with van der Waals surface area (Å²) in [6.07, 6.45) is 0. The zero-order chi connectivity index (χ0) is 24.3. The quantitative estimate of drug-likeness (QED) is 0.226. The molecule has 0 aliphatic carbocycles. The van der Waals surface area contributed by atoms with E-state index in [0.717, 1.165) is 32.9 Å². The fourth-order valence-electron chi connectivity index (χ4n) is 5.40. The largest absolute Gasteiger partial charge is 0.226 e. The van der Waals surface area contributed by atoms with Crippen molar-refractivity contribution >= 4 is 64.0 Å². The molecule has 0 saturated heterocycles. The standard InChI is InChI=1S/C34H20N2S/c1-2-9-23-19-25(16-13-21(23)7-1)31-33-32(29-11-5-6-12-30(29)37-33)36-34(35-31)26-17-18-28-24(20-26)15-14-22-8-3-4-10-27(22)28/h1-20H. The zero-order valence-corrected chi connectivity index (χ0v) is 20.7. The molecule has 0 bridgehead atoms. The molecule has 0 atom stereocenters. The molecule has 0 fully saturated rings. The van der Waals surface area contributed by atoms with E-state index in [4.69, 9.17) is 9.97 Å². The van der Waals surface area contributed by atoms with Crippen LogP contribution in [0.4, 0.5) is 0 Å². The summed E-state index contributed by atoms with van der Waals surface area (Å²) >= 11 is 1.77. The third-order valence-electron chi connectivity index (χ3n) is 7.25. The van der Waals surface area contributed by atoms with Gasteiger partial charge in [-0.15, -0.1) is 11.3 Å². The molecule has 3 heteroatoms. The van der Waals surface area contributed by atoms with Crippen molar-refractivity contribution in [3.05, 3.63) is 121 Å². The van der Waals surface area contributed by atoms with Crippen molar-refractivity contribution in [1.29, 1.82) is 0 Å². The number of rotatable bonds is 2. The van der Waals surface area contributed by atoms with E-state index in [1.807, 2.05) is 0 Å². The molecule has 8 aromatic rings. The van der Waals surface area contributed by atoms with Crippen LogP contribution in [0.25, 0.3) is 75.3 Å². The highest BCUT2D eigenvalue weighted by Gasteiger charge is 2.17. The van der Waals surface area contributed by atoms with Crippen molar-refractivity contribution in [3.8, 4) is 22.6 Å². The van der Waals surface area contributed by atoms with E-state index in [1.54, 1.807) is 11.3 Å². The average molecular weight is 489 g/mol. The van der Waals surface area contributed by atoms with Gasteiger partial charge in [0.1, 0.15) is 0 Å². The van der Waals surface area contributed by atoms with Crippen LogP contribution in [0.1, 0.15) is 0 Å². The van der Waals surface area contributed by atoms with Gasteiger partial charge in [-0.2, -0.15) is 0 Å². The topological polar surface area (TPSA) is 25.8 Å². The highest BCUT2D eigenvalue weighted by Crippen LogP contribution is 2.40. The van der Waals surface area contributed by atoms with Crippen LogP contribution in [0.5, 0.6) is 0 Å². The van der Waals surface area contributed by atoms with Gasteiger partial charge in [0.25, 0.3) is 0 Å². The maximum absolute atomic E-state index is 5.21.